The molecule has 0 aromatic rings. The van der Waals surface area contributed by atoms with E-state index in [0.29, 0.717) is 0 Å². The minimum Gasteiger partial charge on any atom is -0.450 e. The highest BCUT2D eigenvalue weighted by Gasteiger charge is 2.12. The van der Waals surface area contributed by atoms with Gasteiger partial charge in [0.1, 0.15) is 6.10 Å². The van der Waals surface area contributed by atoms with Crippen molar-refractivity contribution < 1.29 is 14.6 Å². The molecule has 0 aliphatic rings. The molecule has 0 bridgehead atoms. The minimum absolute atomic E-state index is 0.0958. The molecule has 0 radical (unpaired) electrons. The summed E-state index contributed by atoms with van der Waals surface area (Å²) in [6.45, 7) is 2.24. The van der Waals surface area contributed by atoms with Gasteiger partial charge in [-0.25, -0.2) is 4.79 Å². The van der Waals surface area contributed by atoms with Gasteiger partial charge in [-0.1, -0.05) is 80.6 Å². The van der Waals surface area contributed by atoms with Crippen LogP contribution in [0.5, 0.6) is 0 Å². The molecule has 0 amide bonds. The lowest BCUT2D eigenvalue weighted by molar-refractivity contribution is 0.0423. The molecule has 4 heteroatoms. The Morgan fingerprint density at radius 2 is 1.32 bits per heavy atom. The maximum atomic E-state index is 10.8. The minimum atomic E-state index is -1.12. The summed E-state index contributed by atoms with van der Waals surface area (Å²) < 4.78 is 5.02. The third-order valence-corrected chi connectivity index (χ3v) is 4.62. The molecule has 1 N–H and O–H groups in total. The number of rotatable bonds is 16. The van der Waals surface area contributed by atoms with Crippen LogP contribution in [0.25, 0.3) is 0 Å². The SMILES string of the molecule is CCCCCCCCCCC(CCCCCCBr)OC(=O)O. The van der Waals surface area contributed by atoms with Crippen molar-refractivity contribution in [2.75, 3.05) is 5.33 Å². The molecule has 0 saturated heterocycles. The second kappa shape index (κ2) is 17.1. The van der Waals surface area contributed by atoms with Crippen LogP contribution in [0.4, 0.5) is 4.79 Å². The molecule has 3 nitrogen and oxygen atoms in total. The molecule has 0 saturated carbocycles. The Kier molecular flexibility index (Phi) is 16.9. The Hall–Kier alpha value is -0.250. The first-order valence-electron chi connectivity index (χ1n) is 9.16. The molecule has 0 fully saturated rings. The van der Waals surface area contributed by atoms with Gasteiger partial charge in [0.05, 0.1) is 0 Å². The first kappa shape index (κ1) is 21.8. The number of alkyl halides is 1. The Bertz CT molecular complexity index is 246. The van der Waals surface area contributed by atoms with E-state index >= 15 is 0 Å². The molecule has 22 heavy (non-hydrogen) atoms. The number of ether oxygens (including phenoxy) is 1. The van der Waals surface area contributed by atoms with Gasteiger partial charge in [0.2, 0.25) is 0 Å². The highest BCUT2D eigenvalue weighted by molar-refractivity contribution is 9.09. The van der Waals surface area contributed by atoms with Crippen molar-refractivity contribution >= 4 is 22.1 Å². The predicted octanol–water partition coefficient (Wildman–Crippen LogP) is 6.93. The average molecular weight is 379 g/mol. The monoisotopic (exact) mass is 378 g/mol. The van der Waals surface area contributed by atoms with Gasteiger partial charge < -0.3 is 9.84 Å². The molecule has 0 aliphatic heterocycles. The molecule has 0 spiro atoms. The van der Waals surface area contributed by atoms with Crippen molar-refractivity contribution in [2.24, 2.45) is 0 Å². The fourth-order valence-electron chi connectivity index (χ4n) is 2.73. The van der Waals surface area contributed by atoms with Gasteiger partial charge in [-0.2, -0.15) is 0 Å². The highest BCUT2D eigenvalue weighted by atomic mass is 79.9. The van der Waals surface area contributed by atoms with Gasteiger partial charge >= 0.3 is 6.16 Å². The van der Waals surface area contributed by atoms with Crippen LogP contribution < -0.4 is 0 Å². The Morgan fingerprint density at radius 1 is 0.864 bits per heavy atom. The van der Waals surface area contributed by atoms with E-state index in [1.165, 1.54) is 64.2 Å². The number of halogens is 1. The molecule has 0 rings (SSSR count). The van der Waals surface area contributed by atoms with Crippen molar-refractivity contribution in [1.82, 2.24) is 0 Å². The van der Waals surface area contributed by atoms with Gasteiger partial charge in [-0.05, 0) is 32.1 Å². The largest absolute Gasteiger partial charge is 0.506 e. The number of unbranched alkanes of at least 4 members (excludes halogenated alkanes) is 10. The van der Waals surface area contributed by atoms with Crippen molar-refractivity contribution in [3.05, 3.63) is 0 Å². The summed E-state index contributed by atoms with van der Waals surface area (Å²) in [5.74, 6) is 0. The zero-order chi connectivity index (χ0) is 16.5. The summed E-state index contributed by atoms with van der Waals surface area (Å²) in [5, 5.41) is 9.88. The van der Waals surface area contributed by atoms with E-state index in [0.717, 1.165) is 31.0 Å². The number of carbonyl (C=O) groups is 1. The van der Waals surface area contributed by atoms with Crippen LogP contribution in [-0.4, -0.2) is 22.7 Å². The Balaban J connectivity index is 3.60. The second-order valence-corrected chi connectivity index (χ2v) is 6.95. The highest BCUT2D eigenvalue weighted by Crippen LogP contribution is 2.16. The number of hydrogen-bond acceptors (Lipinski definition) is 2. The molecule has 0 aromatic carbocycles. The molecule has 1 atom stereocenters. The van der Waals surface area contributed by atoms with E-state index < -0.39 is 6.16 Å². The fraction of sp³-hybridized carbons (Fsp3) is 0.944. The van der Waals surface area contributed by atoms with E-state index in [2.05, 4.69) is 22.9 Å². The van der Waals surface area contributed by atoms with Gasteiger partial charge in [0.25, 0.3) is 0 Å². The first-order chi connectivity index (χ1) is 10.7. The summed E-state index contributed by atoms with van der Waals surface area (Å²) in [6, 6.07) is 0. The second-order valence-electron chi connectivity index (χ2n) is 6.16. The van der Waals surface area contributed by atoms with Crippen LogP contribution in [0.1, 0.15) is 96.8 Å². The van der Waals surface area contributed by atoms with Crippen LogP contribution in [0.2, 0.25) is 0 Å². The van der Waals surface area contributed by atoms with E-state index in [9.17, 15) is 4.79 Å². The topological polar surface area (TPSA) is 46.5 Å². The lowest BCUT2D eigenvalue weighted by Crippen LogP contribution is -2.16. The maximum Gasteiger partial charge on any atom is 0.506 e. The molecule has 132 valence electrons. The van der Waals surface area contributed by atoms with E-state index in [4.69, 9.17) is 9.84 Å². The van der Waals surface area contributed by atoms with Crippen molar-refractivity contribution in [3.63, 3.8) is 0 Å². The lowest BCUT2D eigenvalue weighted by Gasteiger charge is -2.15. The van der Waals surface area contributed by atoms with Crippen molar-refractivity contribution in [3.8, 4) is 0 Å². The third kappa shape index (κ3) is 16.1. The Morgan fingerprint density at radius 3 is 1.77 bits per heavy atom. The third-order valence-electron chi connectivity index (χ3n) is 4.06. The zero-order valence-electron chi connectivity index (χ0n) is 14.3. The van der Waals surface area contributed by atoms with Crippen LogP contribution >= 0.6 is 15.9 Å². The normalized spacial score (nSPS) is 12.3. The molecular weight excluding hydrogens is 344 g/mol. The summed E-state index contributed by atoms with van der Waals surface area (Å²) in [6.07, 6.45) is 15.4. The van der Waals surface area contributed by atoms with Crippen molar-refractivity contribution in [2.45, 2.75) is 103 Å². The molecule has 0 aromatic heterocycles. The van der Waals surface area contributed by atoms with Gasteiger partial charge in [-0.3, -0.25) is 0 Å². The van der Waals surface area contributed by atoms with E-state index in [1.807, 2.05) is 0 Å². The van der Waals surface area contributed by atoms with Crippen LogP contribution in [-0.2, 0) is 4.74 Å². The molecular formula is C18H35BrO3. The summed E-state index contributed by atoms with van der Waals surface area (Å²) in [5.41, 5.74) is 0. The van der Waals surface area contributed by atoms with E-state index in [-0.39, 0.29) is 6.10 Å². The Labute approximate surface area is 145 Å². The van der Waals surface area contributed by atoms with Crippen LogP contribution in [0.3, 0.4) is 0 Å². The van der Waals surface area contributed by atoms with Crippen LogP contribution in [0, 0.1) is 0 Å². The van der Waals surface area contributed by atoms with Gasteiger partial charge in [0.15, 0.2) is 0 Å². The number of hydrogen-bond donors (Lipinski definition) is 1. The summed E-state index contributed by atoms with van der Waals surface area (Å²) in [7, 11) is 0. The smallest absolute Gasteiger partial charge is 0.450 e. The standard InChI is InChI=1S/C18H35BrO3/c1-2-3-4-5-6-7-8-11-14-17(22-18(20)21)15-12-9-10-13-16-19/h17H,2-16H2,1H3,(H,20,21). The predicted molar refractivity (Wildman–Crippen MR) is 97.0 cm³/mol. The van der Waals surface area contributed by atoms with Gasteiger partial charge in [0, 0.05) is 5.33 Å². The van der Waals surface area contributed by atoms with Crippen LogP contribution in [0.15, 0.2) is 0 Å². The molecule has 0 heterocycles. The number of carboxylic acid groups (broad SMARTS) is 1. The molecule has 1 unspecified atom stereocenters. The zero-order valence-corrected chi connectivity index (χ0v) is 15.9. The lowest BCUT2D eigenvalue weighted by atomic mass is 10.0. The van der Waals surface area contributed by atoms with Crippen molar-refractivity contribution in [1.29, 1.82) is 0 Å². The summed E-state index contributed by atoms with van der Waals surface area (Å²) >= 11 is 3.43. The molecule has 0 aliphatic carbocycles. The first-order valence-corrected chi connectivity index (χ1v) is 10.3. The average Bonchev–Trinajstić information content (AvgIpc) is 2.48. The quantitative estimate of drug-likeness (QED) is 0.180. The fourth-order valence-corrected chi connectivity index (χ4v) is 3.13. The maximum absolute atomic E-state index is 10.8. The summed E-state index contributed by atoms with van der Waals surface area (Å²) in [4.78, 5) is 10.8. The van der Waals surface area contributed by atoms with Gasteiger partial charge in [-0.15, -0.1) is 0 Å². The van der Waals surface area contributed by atoms with E-state index in [1.54, 1.807) is 0 Å².